The van der Waals surface area contributed by atoms with Crippen molar-refractivity contribution in [1.29, 1.82) is 0 Å². The predicted octanol–water partition coefficient (Wildman–Crippen LogP) is 2.10. The zero-order chi connectivity index (χ0) is 13.6. The number of carbonyl (C=O) groups is 1. The minimum atomic E-state index is -0.217. The SMILES string of the molecule is Cc1cnc2c(c1)nc(C(C)Cl)n2C1CNC(=O)C1. The molecule has 0 bridgehead atoms. The van der Waals surface area contributed by atoms with Gasteiger partial charge in [0.15, 0.2) is 5.65 Å². The van der Waals surface area contributed by atoms with E-state index >= 15 is 0 Å². The summed E-state index contributed by atoms with van der Waals surface area (Å²) in [7, 11) is 0. The van der Waals surface area contributed by atoms with Crippen LogP contribution in [0.2, 0.25) is 0 Å². The molecule has 2 aromatic heterocycles. The standard InChI is InChI=1S/C13H15ClN4O/c1-7-3-10-13(16-5-7)18(12(17-10)8(2)14)9-4-11(19)15-6-9/h3,5,8-9H,4,6H2,1-2H3,(H,15,19). The molecule has 1 fully saturated rings. The van der Waals surface area contributed by atoms with Crippen LogP contribution in [0.25, 0.3) is 11.2 Å². The lowest BCUT2D eigenvalue weighted by Crippen LogP contribution is -2.17. The van der Waals surface area contributed by atoms with E-state index in [9.17, 15) is 4.79 Å². The van der Waals surface area contributed by atoms with E-state index in [0.29, 0.717) is 13.0 Å². The van der Waals surface area contributed by atoms with Crippen LogP contribution >= 0.6 is 11.6 Å². The van der Waals surface area contributed by atoms with Crippen molar-refractivity contribution in [2.45, 2.75) is 31.7 Å². The molecule has 1 amide bonds. The summed E-state index contributed by atoms with van der Waals surface area (Å²) in [5, 5.41) is 2.62. The van der Waals surface area contributed by atoms with E-state index in [-0.39, 0.29) is 17.3 Å². The topological polar surface area (TPSA) is 59.8 Å². The zero-order valence-corrected chi connectivity index (χ0v) is 11.6. The highest BCUT2D eigenvalue weighted by Gasteiger charge is 2.28. The molecule has 1 N–H and O–H groups in total. The van der Waals surface area contributed by atoms with Crippen molar-refractivity contribution in [2.24, 2.45) is 0 Å². The van der Waals surface area contributed by atoms with Crippen LogP contribution in [0.15, 0.2) is 12.3 Å². The van der Waals surface area contributed by atoms with Crippen LogP contribution in [0, 0.1) is 6.92 Å². The third kappa shape index (κ3) is 2.08. The van der Waals surface area contributed by atoms with Gasteiger partial charge in [-0.15, -0.1) is 11.6 Å². The summed E-state index contributed by atoms with van der Waals surface area (Å²) >= 11 is 6.22. The van der Waals surface area contributed by atoms with E-state index in [0.717, 1.165) is 22.6 Å². The van der Waals surface area contributed by atoms with Gasteiger partial charge in [0.1, 0.15) is 11.3 Å². The van der Waals surface area contributed by atoms with E-state index in [4.69, 9.17) is 11.6 Å². The number of rotatable bonds is 2. The van der Waals surface area contributed by atoms with Gasteiger partial charge >= 0.3 is 0 Å². The Labute approximate surface area is 116 Å². The summed E-state index contributed by atoms with van der Waals surface area (Å²) in [5.74, 6) is 0.836. The Hall–Kier alpha value is -1.62. The number of halogens is 1. The largest absolute Gasteiger partial charge is 0.354 e. The molecule has 0 aliphatic carbocycles. The number of fused-ring (bicyclic) bond motifs is 1. The average Bonchev–Trinajstić information content (AvgIpc) is 2.91. The summed E-state index contributed by atoms with van der Waals surface area (Å²) in [6.45, 7) is 4.47. The van der Waals surface area contributed by atoms with Crippen molar-refractivity contribution < 1.29 is 4.79 Å². The van der Waals surface area contributed by atoms with Crippen LogP contribution in [0.3, 0.4) is 0 Å². The minimum absolute atomic E-state index is 0.0453. The van der Waals surface area contributed by atoms with E-state index in [1.165, 1.54) is 0 Å². The third-order valence-corrected chi connectivity index (χ3v) is 3.57. The number of hydrogen-bond donors (Lipinski definition) is 1. The van der Waals surface area contributed by atoms with Gasteiger partial charge in [-0.2, -0.15) is 0 Å². The first-order valence-electron chi connectivity index (χ1n) is 6.31. The molecule has 1 aliphatic rings. The van der Waals surface area contributed by atoms with E-state index < -0.39 is 0 Å². The highest BCUT2D eigenvalue weighted by molar-refractivity contribution is 6.20. The maximum atomic E-state index is 11.4. The lowest BCUT2D eigenvalue weighted by Gasteiger charge is -2.15. The van der Waals surface area contributed by atoms with Crippen LogP contribution in [-0.4, -0.2) is 27.0 Å². The Morgan fingerprint density at radius 3 is 3.00 bits per heavy atom. The van der Waals surface area contributed by atoms with Gasteiger partial charge in [0.05, 0.1) is 11.4 Å². The van der Waals surface area contributed by atoms with Gasteiger partial charge in [-0.3, -0.25) is 4.79 Å². The summed E-state index contributed by atoms with van der Waals surface area (Å²) in [4.78, 5) is 20.4. The van der Waals surface area contributed by atoms with Crippen molar-refractivity contribution in [3.05, 3.63) is 23.7 Å². The number of nitrogens with zero attached hydrogens (tertiary/aromatic N) is 3. The van der Waals surface area contributed by atoms with Crippen molar-refractivity contribution in [1.82, 2.24) is 19.9 Å². The van der Waals surface area contributed by atoms with Gasteiger partial charge in [-0.25, -0.2) is 9.97 Å². The van der Waals surface area contributed by atoms with Gasteiger partial charge < -0.3 is 9.88 Å². The fourth-order valence-corrected chi connectivity index (χ4v) is 2.67. The smallest absolute Gasteiger partial charge is 0.222 e. The van der Waals surface area contributed by atoms with Crippen molar-refractivity contribution in [2.75, 3.05) is 6.54 Å². The van der Waals surface area contributed by atoms with Gasteiger partial charge in [-0.05, 0) is 25.5 Å². The second kappa shape index (κ2) is 4.49. The lowest BCUT2D eigenvalue weighted by atomic mass is 10.2. The fraction of sp³-hybridized carbons (Fsp3) is 0.462. The number of aryl methyl sites for hydroxylation is 1. The molecule has 0 radical (unpaired) electrons. The Balaban J connectivity index is 2.19. The molecule has 2 atom stereocenters. The normalized spacial score (nSPS) is 20.8. The monoisotopic (exact) mass is 278 g/mol. The maximum absolute atomic E-state index is 11.4. The summed E-state index contributed by atoms with van der Waals surface area (Å²) in [5.41, 5.74) is 2.70. The Bertz CT molecular complexity index is 649. The second-order valence-electron chi connectivity index (χ2n) is 4.97. The molecule has 2 unspecified atom stereocenters. The van der Waals surface area contributed by atoms with Gasteiger partial charge in [0.2, 0.25) is 5.91 Å². The first kappa shape index (κ1) is 12.4. The van der Waals surface area contributed by atoms with Crippen LogP contribution in [-0.2, 0) is 4.79 Å². The number of alkyl halides is 1. The number of hydrogen-bond acceptors (Lipinski definition) is 3. The first-order valence-corrected chi connectivity index (χ1v) is 6.75. The molecule has 3 rings (SSSR count). The van der Waals surface area contributed by atoms with E-state index in [1.54, 1.807) is 0 Å². The van der Waals surface area contributed by atoms with E-state index in [1.807, 2.05) is 30.7 Å². The predicted molar refractivity (Wildman–Crippen MR) is 73.2 cm³/mol. The molecule has 2 aromatic rings. The van der Waals surface area contributed by atoms with Crippen molar-refractivity contribution in [3.8, 4) is 0 Å². The number of carbonyl (C=O) groups excluding carboxylic acids is 1. The van der Waals surface area contributed by atoms with Crippen LogP contribution in [0.4, 0.5) is 0 Å². The summed E-state index contributed by atoms with van der Waals surface area (Å²) in [6, 6.07) is 2.04. The van der Waals surface area contributed by atoms with Crippen LogP contribution < -0.4 is 5.32 Å². The highest BCUT2D eigenvalue weighted by Crippen LogP contribution is 2.29. The van der Waals surface area contributed by atoms with Crippen LogP contribution in [0.5, 0.6) is 0 Å². The highest BCUT2D eigenvalue weighted by atomic mass is 35.5. The Kier molecular flexibility index (Phi) is 2.93. The van der Waals surface area contributed by atoms with E-state index in [2.05, 4.69) is 15.3 Å². The van der Waals surface area contributed by atoms with Gasteiger partial charge in [0, 0.05) is 19.2 Å². The molecule has 6 heteroatoms. The zero-order valence-electron chi connectivity index (χ0n) is 10.9. The molecule has 1 aliphatic heterocycles. The third-order valence-electron chi connectivity index (χ3n) is 3.37. The summed E-state index contributed by atoms with van der Waals surface area (Å²) < 4.78 is 2.00. The molecule has 3 heterocycles. The quantitative estimate of drug-likeness (QED) is 0.856. The van der Waals surface area contributed by atoms with Crippen molar-refractivity contribution in [3.63, 3.8) is 0 Å². The Morgan fingerprint density at radius 2 is 2.37 bits per heavy atom. The van der Waals surface area contributed by atoms with Gasteiger partial charge in [-0.1, -0.05) is 0 Å². The van der Waals surface area contributed by atoms with Gasteiger partial charge in [0.25, 0.3) is 0 Å². The van der Waals surface area contributed by atoms with Crippen molar-refractivity contribution >= 4 is 28.7 Å². The molecular formula is C13H15ClN4O. The van der Waals surface area contributed by atoms with Crippen LogP contribution in [0.1, 0.15) is 36.2 Å². The number of nitrogens with one attached hydrogen (secondary N) is 1. The average molecular weight is 279 g/mol. The molecule has 5 nitrogen and oxygen atoms in total. The second-order valence-corrected chi connectivity index (χ2v) is 5.63. The number of aromatic nitrogens is 3. The molecular weight excluding hydrogens is 264 g/mol. The lowest BCUT2D eigenvalue weighted by molar-refractivity contribution is -0.119. The minimum Gasteiger partial charge on any atom is -0.354 e. The molecule has 100 valence electrons. The summed E-state index contributed by atoms with van der Waals surface area (Å²) in [6.07, 6.45) is 2.27. The fourth-order valence-electron chi connectivity index (χ4n) is 2.51. The number of pyridine rings is 1. The molecule has 0 spiro atoms. The Morgan fingerprint density at radius 1 is 1.58 bits per heavy atom. The molecule has 0 aromatic carbocycles. The maximum Gasteiger partial charge on any atom is 0.222 e. The number of amides is 1. The first-order chi connectivity index (χ1) is 9.06. The molecule has 19 heavy (non-hydrogen) atoms. The number of imidazole rings is 1. The molecule has 1 saturated heterocycles. The molecule has 0 saturated carbocycles.